The first-order valence-corrected chi connectivity index (χ1v) is 15.4. The van der Waals surface area contributed by atoms with E-state index in [-0.39, 0.29) is 0 Å². The number of allylic oxidation sites excluding steroid dienone is 4. The molecule has 7 aromatic carbocycles. The maximum absolute atomic E-state index is 2.43. The van der Waals surface area contributed by atoms with E-state index >= 15 is 0 Å². The smallest absolute Gasteiger partial charge is 0.0540 e. The fraction of sp³-hybridized carbons (Fsp3) is 0.0500. The predicted molar refractivity (Wildman–Crippen MR) is 182 cm³/mol. The first kappa shape index (κ1) is 23.9. The first-order chi connectivity index (χ1) is 20.8. The molecule has 2 aliphatic rings. The number of rotatable bonds is 3. The second-order valence-corrected chi connectivity index (χ2v) is 12.4. The van der Waals surface area contributed by atoms with Crippen LogP contribution in [0.15, 0.2) is 155 Å². The van der Waals surface area contributed by atoms with Crippen LogP contribution < -0.4 is 4.90 Å². The van der Waals surface area contributed by atoms with E-state index in [4.69, 9.17) is 0 Å². The number of hydrogen-bond donors (Lipinski definition) is 0. The Labute approximate surface area is 249 Å². The molecule has 1 heterocycles. The standard InChI is InChI=1S/C40H27NS/c1-2-10-29(11-3-1)41(37-15-8-14-35-33(37)23-24-36-34-13-6-7-16-38(34)42-40(35)36)30-21-22-32-28(25-30)20-19-27-18-17-26-9-4-5-12-31(26)39(27)32/h1-12,14-25,34H,13H2. The van der Waals surface area contributed by atoms with Crippen molar-refractivity contribution >= 4 is 71.9 Å². The Morgan fingerprint density at radius 2 is 1.33 bits per heavy atom. The summed E-state index contributed by atoms with van der Waals surface area (Å²) in [5.74, 6) is 0.500. The summed E-state index contributed by atoms with van der Waals surface area (Å²) in [5, 5.41) is 10.3. The largest absolute Gasteiger partial charge is 0.310 e. The lowest BCUT2D eigenvalue weighted by atomic mass is 9.90. The second-order valence-electron chi connectivity index (χ2n) is 11.3. The second kappa shape index (κ2) is 9.37. The van der Waals surface area contributed by atoms with Gasteiger partial charge in [-0.15, -0.1) is 0 Å². The van der Waals surface area contributed by atoms with E-state index < -0.39 is 0 Å². The molecule has 0 spiro atoms. The third kappa shape index (κ3) is 3.59. The van der Waals surface area contributed by atoms with Crippen LogP contribution in [0.2, 0.25) is 0 Å². The summed E-state index contributed by atoms with van der Waals surface area (Å²) in [6, 6.07) is 47.0. The predicted octanol–water partition coefficient (Wildman–Crippen LogP) is 11.8. The lowest BCUT2D eigenvalue weighted by molar-refractivity contribution is 0.840. The lowest BCUT2D eigenvalue weighted by Crippen LogP contribution is -2.10. The van der Waals surface area contributed by atoms with Crippen LogP contribution in [-0.2, 0) is 0 Å². The molecule has 0 N–H and O–H groups in total. The minimum Gasteiger partial charge on any atom is -0.310 e. The van der Waals surface area contributed by atoms with Crippen LogP contribution in [0.3, 0.4) is 0 Å². The molecule has 0 saturated heterocycles. The summed E-state index contributed by atoms with van der Waals surface area (Å²) < 4.78 is 0. The lowest BCUT2D eigenvalue weighted by Gasteiger charge is -2.27. The zero-order chi connectivity index (χ0) is 27.6. The maximum Gasteiger partial charge on any atom is 0.0540 e. The molecule has 0 saturated carbocycles. The van der Waals surface area contributed by atoms with E-state index in [9.17, 15) is 0 Å². The number of para-hydroxylation sites is 1. The van der Waals surface area contributed by atoms with Crippen molar-refractivity contribution < 1.29 is 0 Å². The minimum atomic E-state index is 0.500. The van der Waals surface area contributed by atoms with Gasteiger partial charge in [-0.1, -0.05) is 127 Å². The van der Waals surface area contributed by atoms with Crippen molar-refractivity contribution in [1.29, 1.82) is 0 Å². The molecule has 9 rings (SSSR count). The zero-order valence-electron chi connectivity index (χ0n) is 23.0. The quantitative estimate of drug-likeness (QED) is 0.200. The highest BCUT2D eigenvalue weighted by atomic mass is 32.2. The highest BCUT2D eigenvalue weighted by Gasteiger charge is 2.30. The third-order valence-electron chi connectivity index (χ3n) is 8.95. The van der Waals surface area contributed by atoms with Crippen molar-refractivity contribution in [3.63, 3.8) is 0 Å². The molecule has 1 unspecified atom stereocenters. The Hall–Kier alpha value is -4.79. The highest BCUT2D eigenvalue weighted by molar-refractivity contribution is 8.03. The molecule has 198 valence electrons. The average molecular weight is 554 g/mol. The van der Waals surface area contributed by atoms with Gasteiger partial charge >= 0.3 is 0 Å². The van der Waals surface area contributed by atoms with E-state index in [1.54, 1.807) is 0 Å². The van der Waals surface area contributed by atoms with Gasteiger partial charge in [0.15, 0.2) is 0 Å². The van der Waals surface area contributed by atoms with Gasteiger partial charge in [0.2, 0.25) is 0 Å². The fourth-order valence-electron chi connectivity index (χ4n) is 6.99. The molecule has 42 heavy (non-hydrogen) atoms. The van der Waals surface area contributed by atoms with Crippen LogP contribution in [-0.4, -0.2) is 0 Å². The maximum atomic E-state index is 2.43. The molecule has 0 amide bonds. The van der Waals surface area contributed by atoms with Crippen LogP contribution in [0.4, 0.5) is 17.1 Å². The number of benzene rings is 7. The molecule has 1 nitrogen and oxygen atoms in total. The highest BCUT2D eigenvalue weighted by Crippen LogP contribution is 2.55. The summed E-state index contributed by atoms with van der Waals surface area (Å²) in [7, 11) is 0. The number of fused-ring (bicyclic) bond motifs is 10. The Morgan fingerprint density at radius 3 is 2.26 bits per heavy atom. The monoisotopic (exact) mass is 553 g/mol. The van der Waals surface area contributed by atoms with Gasteiger partial charge in [-0.05, 0) is 84.9 Å². The van der Waals surface area contributed by atoms with E-state index in [0.717, 1.165) is 17.8 Å². The Bertz CT molecular complexity index is 2260. The molecule has 0 radical (unpaired) electrons. The number of hydrogen-bond acceptors (Lipinski definition) is 2. The molecule has 7 aromatic rings. The van der Waals surface area contributed by atoms with Crippen molar-refractivity contribution in [2.45, 2.75) is 17.2 Å². The van der Waals surface area contributed by atoms with Crippen molar-refractivity contribution in [2.75, 3.05) is 4.90 Å². The van der Waals surface area contributed by atoms with Crippen molar-refractivity contribution in [2.24, 2.45) is 0 Å². The first-order valence-electron chi connectivity index (χ1n) is 14.6. The molecule has 2 heteroatoms. The summed E-state index contributed by atoms with van der Waals surface area (Å²) in [4.78, 5) is 5.31. The van der Waals surface area contributed by atoms with Gasteiger partial charge in [0.1, 0.15) is 0 Å². The Kier molecular flexibility index (Phi) is 5.33. The van der Waals surface area contributed by atoms with Gasteiger partial charge in [-0.3, -0.25) is 0 Å². The molecule has 1 aliphatic carbocycles. The summed E-state index contributed by atoms with van der Waals surface area (Å²) >= 11 is 1.96. The fourth-order valence-corrected chi connectivity index (χ4v) is 8.36. The number of thioether (sulfide) groups is 1. The molecule has 0 bridgehead atoms. The summed E-state index contributed by atoms with van der Waals surface area (Å²) in [5.41, 5.74) is 4.99. The van der Waals surface area contributed by atoms with E-state index in [1.165, 1.54) is 64.1 Å². The Morgan fingerprint density at radius 1 is 0.571 bits per heavy atom. The van der Waals surface area contributed by atoms with Crippen LogP contribution in [0, 0.1) is 0 Å². The van der Waals surface area contributed by atoms with Gasteiger partial charge in [0.05, 0.1) is 5.69 Å². The normalized spacial score (nSPS) is 15.7. The van der Waals surface area contributed by atoms with Crippen LogP contribution in [0.5, 0.6) is 0 Å². The summed E-state index contributed by atoms with van der Waals surface area (Å²) in [6.45, 7) is 0. The van der Waals surface area contributed by atoms with Gasteiger partial charge in [-0.2, -0.15) is 0 Å². The minimum absolute atomic E-state index is 0.500. The van der Waals surface area contributed by atoms with Gasteiger partial charge in [0.25, 0.3) is 0 Å². The van der Waals surface area contributed by atoms with E-state index in [0.29, 0.717) is 5.92 Å². The molecule has 1 aliphatic heterocycles. The molecule has 0 fully saturated rings. The zero-order valence-corrected chi connectivity index (χ0v) is 23.8. The van der Waals surface area contributed by atoms with Gasteiger partial charge in [-0.25, -0.2) is 0 Å². The molecular formula is C40H27NS. The topological polar surface area (TPSA) is 3.24 Å². The number of anilines is 3. The van der Waals surface area contributed by atoms with Crippen LogP contribution in [0.1, 0.15) is 17.9 Å². The average Bonchev–Trinajstić information content (AvgIpc) is 3.44. The van der Waals surface area contributed by atoms with Crippen molar-refractivity contribution in [3.8, 4) is 0 Å². The van der Waals surface area contributed by atoms with E-state index in [1.807, 2.05) is 11.8 Å². The Balaban J connectivity index is 1.26. The number of nitrogens with zero attached hydrogens (tertiary/aromatic N) is 1. The third-order valence-corrected chi connectivity index (χ3v) is 10.3. The summed E-state index contributed by atoms with van der Waals surface area (Å²) in [6.07, 6.45) is 7.90. The van der Waals surface area contributed by atoms with Gasteiger partial charge < -0.3 is 4.90 Å². The van der Waals surface area contributed by atoms with Crippen LogP contribution in [0.25, 0.3) is 43.1 Å². The van der Waals surface area contributed by atoms with Crippen molar-refractivity contribution in [1.82, 2.24) is 0 Å². The molecule has 1 atom stereocenters. The SMILES string of the molecule is C1=CCC2C(=C1)Sc1c2ccc2c(N(c3ccccc3)c3ccc4c(ccc5ccc6ccccc6c54)c3)cccc12. The van der Waals surface area contributed by atoms with E-state index in [2.05, 4.69) is 151 Å². The molecular weight excluding hydrogens is 527 g/mol. The molecule has 0 aromatic heterocycles. The van der Waals surface area contributed by atoms with Crippen molar-refractivity contribution in [3.05, 3.63) is 156 Å². The van der Waals surface area contributed by atoms with Crippen LogP contribution >= 0.6 is 11.8 Å². The van der Waals surface area contributed by atoms with Gasteiger partial charge in [0, 0.05) is 27.6 Å².